The van der Waals surface area contributed by atoms with Gasteiger partial charge in [-0.15, -0.1) is 0 Å². The van der Waals surface area contributed by atoms with Crippen molar-refractivity contribution in [1.29, 1.82) is 0 Å². The van der Waals surface area contributed by atoms with Gasteiger partial charge in [-0.05, 0) is 56.5 Å². The van der Waals surface area contributed by atoms with Crippen LogP contribution in [0.25, 0.3) is 0 Å². The Balaban J connectivity index is 1.28. The molecule has 3 saturated heterocycles. The van der Waals surface area contributed by atoms with Gasteiger partial charge < -0.3 is 30.1 Å². The fourth-order valence-electron chi connectivity index (χ4n) is 4.92. The normalized spacial score (nSPS) is 20.9. The van der Waals surface area contributed by atoms with Gasteiger partial charge in [0.2, 0.25) is 5.95 Å². The van der Waals surface area contributed by atoms with E-state index in [1.165, 1.54) is 24.9 Å². The molecular formula is C25H35N7OS. The smallest absolute Gasteiger partial charge is 0.232 e. The standard InChI is InChI=1S/C25H35N7OS/c34-25(26-19-21-10-7-17-33-21)29-24-27-22(31-11-5-2-6-12-31)18-23(28-24)32-15-13-30(14-16-32)20-8-3-1-4-9-20/h1,3-4,8-9,18,21H,2,5-7,10-17,19H2,(H2,26,27,28,29,34)/t21-/m0/s1. The van der Waals surface area contributed by atoms with Gasteiger partial charge in [0.15, 0.2) is 5.11 Å². The molecule has 8 nitrogen and oxygen atoms in total. The fraction of sp³-hybridized carbons (Fsp3) is 0.560. The van der Waals surface area contributed by atoms with Crippen LogP contribution in [0.4, 0.5) is 23.3 Å². The number of para-hydroxylation sites is 1. The highest BCUT2D eigenvalue weighted by atomic mass is 32.1. The predicted octanol–water partition coefficient (Wildman–Crippen LogP) is 3.26. The first-order chi connectivity index (χ1) is 16.7. The van der Waals surface area contributed by atoms with Crippen molar-refractivity contribution in [3.63, 3.8) is 0 Å². The first kappa shape index (κ1) is 23.1. The van der Waals surface area contributed by atoms with Crippen LogP contribution in [0, 0.1) is 0 Å². The molecule has 2 N–H and O–H groups in total. The lowest BCUT2D eigenvalue weighted by Gasteiger charge is -2.37. The molecule has 0 saturated carbocycles. The predicted molar refractivity (Wildman–Crippen MR) is 142 cm³/mol. The van der Waals surface area contributed by atoms with Gasteiger partial charge in [0.1, 0.15) is 11.6 Å². The summed E-state index contributed by atoms with van der Waals surface area (Å²) in [5.74, 6) is 2.51. The lowest BCUT2D eigenvalue weighted by Crippen LogP contribution is -2.47. The zero-order valence-corrected chi connectivity index (χ0v) is 20.6. The van der Waals surface area contributed by atoms with Gasteiger partial charge in [0.05, 0.1) is 6.10 Å². The highest BCUT2D eigenvalue weighted by molar-refractivity contribution is 7.80. The molecule has 4 heterocycles. The number of benzene rings is 1. The average Bonchev–Trinajstić information content (AvgIpc) is 3.42. The van der Waals surface area contributed by atoms with Crippen molar-refractivity contribution in [2.75, 3.05) is 72.4 Å². The van der Waals surface area contributed by atoms with E-state index in [0.717, 1.165) is 70.4 Å². The molecule has 2 aromatic rings. The van der Waals surface area contributed by atoms with Gasteiger partial charge in [0.25, 0.3) is 0 Å². The summed E-state index contributed by atoms with van der Waals surface area (Å²) in [6.45, 7) is 7.42. The molecule has 0 amide bonds. The average molecular weight is 482 g/mol. The van der Waals surface area contributed by atoms with Crippen molar-refractivity contribution in [2.24, 2.45) is 0 Å². The highest BCUT2D eigenvalue weighted by Gasteiger charge is 2.22. The summed E-state index contributed by atoms with van der Waals surface area (Å²) in [5.41, 5.74) is 1.28. The number of nitrogens with zero attached hydrogens (tertiary/aromatic N) is 5. The van der Waals surface area contributed by atoms with Crippen molar-refractivity contribution >= 4 is 40.6 Å². The molecule has 5 rings (SSSR count). The number of nitrogens with one attached hydrogen (secondary N) is 2. The number of hydrogen-bond acceptors (Lipinski definition) is 7. The molecule has 0 spiro atoms. The van der Waals surface area contributed by atoms with Crippen molar-refractivity contribution in [3.05, 3.63) is 36.4 Å². The fourth-order valence-corrected chi connectivity index (χ4v) is 5.09. The second-order valence-electron chi connectivity index (χ2n) is 9.24. The monoisotopic (exact) mass is 481 g/mol. The topological polar surface area (TPSA) is 68.8 Å². The minimum atomic E-state index is 0.233. The van der Waals surface area contributed by atoms with Crippen molar-refractivity contribution in [1.82, 2.24) is 15.3 Å². The van der Waals surface area contributed by atoms with Gasteiger partial charge in [-0.1, -0.05) is 18.2 Å². The van der Waals surface area contributed by atoms with Crippen LogP contribution in [-0.2, 0) is 4.74 Å². The first-order valence-electron chi connectivity index (χ1n) is 12.6. The number of ether oxygens (including phenoxy) is 1. The second kappa shape index (κ2) is 11.2. The molecule has 9 heteroatoms. The zero-order valence-electron chi connectivity index (χ0n) is 19.8. The molecule has 3 fully saturated rings. The molecule has 3 aliphatic heterocycles. The third-order valence-electron chi connectivity index (χ3n) is 6.84. The van der Waals surface area contributed by atoms with E-state index in [9.17, 15) is 0 Å². The Labute approximate surface area is 207 Å². The van der Waals surface area contributed by atoms with Gasteiger partial charge in [-0.25, -0.2) is 0 Å². The van der Waals surface area contributed by atoms with E-state index in [1.54, 1.807) is 0 Å². The summed E-state index contributed by atoms with van der Waals surface area (Å²) in [7, 11) is 0. The van der Waals surface area contributed by atoms with Crippen LogP contribution in [-0.4, -0.2) is 73.6 Å². The maximum Gasteiger partial charge on any atom is 0.232 e. The van der Waals surface area contributed by atoms with Crippen LogP contribution in [0.1, 0.15) is 32.1 Å². The first-order valence-corrected chi connectivity index (χ1v) is 13.0. The molecule has 0 radical (unpaired) electrons. The number of piperazine rings is 1. The van der Waals surface area contributed by atoms with Crippen molar-refractivity contribution < 1.29 is 4.74 Å². The van der Waals surface area contributed by atoms with Crippen LogP contribution < -0.4 is 25.3 Å². The molecule has 1 aromatic heterocycles. The maximum absolute atomic E-state index is 5.69. The van der Waals surface area contributed by atoms with Crippen LogP contribution in [0.5, 0.6) is 0 Å². The Morgan fingerprint density at radius 1 is 0.882 bits per heavy atom. The number of rotatable bonds is 6. The molecule has 0 bridgehead atoms. The minimum Gasteiger partial charge on any atom is -0.376 e. The Kier molecular flexibility index (Phi) is 7.60. The lowest BCUT2D eigenvalue weighted by atomic mass is 10.1. The summed E-state index contributed by atoms with van der Waals surface area (Å²) >= 11 is 5.55. The summed E-state index contributed by atoms with van der Waals surface area (Å²) in [6.07, 6.45) is 6.14. The van der Waals surface area contributed by atoms with Gasteiger partial charge >= 0.3 is 0 Å². The Morgan fingerprint density at radius 3 is 2.24 bits per heavy atom. The molecular weight excluding hydrogens is 446 g/mol. The Bertz CT molecular complexity index is 940. The largest absolute Gasteiger partial charge is 0.376 e. The maximum atomic E-state index is 5.69. The number of anilines is 4. The summed E-state index contributed by atoms with van der Waals surface area (Å²) < 4.78 is 5.69. The van der Waals surface area contributed by atoms with Crippen LogP contribution in [0.3, 0.4) is 0 Å². The van der Waals surface area contributed by atoms with E-state index in [4.69, 9.17) is 26.9 Å². The number of hydrogen-bond donors (Lipinski definition) is 2. The Morgan fingerprint density at radius 2 is 1.56 bits per heavy atom. The third kappa shape index (κ3) is 5.88. The van der Waals surface area contributed by atoms with Crippen LogP contribution in [0.15, 0.2) is 36.4 Å². The molecule has 34 heavy (non-hydrogen) atoms. The van der Waals surface area contributed by atoms with E-state index < -0.39 is 0 Å². The molecule has 0 unspecified atom stereocenters. The Hall–Kier alpha value is -2.65. The number of aromatic nitrogens is 2. The zero-order chi connectivity index (χ0) is 23.2. The highest BCUT2D eigenvalue weighted by Crippen LogP contribution is 2.26. The van der Waals surface area contributed by atoms with Crippen molar-refractivity contribution in [3.8, 4) is 0 Å². The SMILES string of the molecule is S=C(NC[C@@H]1CCCO1)Nc1nc(N2CCCCC2)cc(N2CCN(c3ccccc3)CC2)n1. The lowest BCUT2D eigenvalue weighted by molar-refractivity contribution is 0.114. The molecule has 1 atom stereocenters. The molecule has 1 aromatic carbocycles. The van der Waals surface area contributed by atoms with E-state index in [0.29, 0.717) is 17.6 Å². The van der Waals surface area contributed by atoms with Crippen LogP contribution >= 0.6 is 12.2 Å². The number of piperidine rings is 1. The van der Waals surface area contributed by atoms with Crippen molar-refractivity contribution in [2.45, 2.75) is 38.2 Å². The van der Waals surface area contributed by atoms with E-state index in [2.05, 4.69) is 61.7 Å². The molecule has 0 aliphatic carbocycles. The molecule has 3 aliphatic rings. The third-order valence-corrected chi connectivity index (χ3v) is 7.09. The quantitative estimate of drug-likeness (QED) is 0.605. The minimum absolute atomic E-state index is 0.233. The van der Waals surface area contributed by atoms with E-state index in [-0.39, 0.29) is 6.10 Å². The molecule has 182 valence electrons. The second-order valence-corrected chi connectivity index (χ2v) is 9.64. The van der Waals surface area contributed by atoms with Gasteiger partial charge in [-0.2, -0.15) is 9.97 Å². The summed E-state index contributed by atoms with van der Waals surface area (Å²) in [4.78, 5) is 16.9. The van der Waals surface area contributed by atoms with Gasteiger partial charge in [-0.3, -0.25) is 0 Å². The number of thiocarbonyl (C=S) groups is 1. The van der Waals surface area contributed by atoms with E-state index in [1.807, 2.05) is 0 Å². The summed E-state index contributed by atoms with van der Waals surface area (Å²) in [6, 6.07) is 12.8. The van der Waals surface area contributed by atoms with Gasteiger partial charge in [0, 0.05) is 64.2 Å². The van der Waals surface area contributed by atoms with E-state index >= 15 is 0 Å². The van der Waals surface area contributed by atoms with Crippen LogP contribution in [0.2, 0.25) is 0 Å². The summed E-state index contributed by atoms with van der Waals surface area (Å²) in [5, 5.41) is 7.06.